The zero-order chi connectivity index (χ0) is 13.4. The first-order valence-electron chi connectivity index (χ1n) is 7.29. The number of hydrogen-bond donors (Lipinski definition) is 0. The van der Waals surface area contributed by atoms with Crippen molar-refractivity contribution in [2.45, 2.75) is 52.9 Å². The van der Waals surface area contributed by atoms with Crippen LogP contribution in [-0.4, -0.2) is 29.2 Å². The topological polar surface area (TPSA) is 20.3 Å². The second kappa shape index (κ2) is 5.15. The lowest BCUT2D eigenvalue weighted by molar-refractivity contribution is -0.155. The maximum Gasteiger partial charge on any atom is 0.229 e. The van der Waals surface area contributed by atoms with Gasteiger partial charge in [0.1, 0.15) is 0 Å². The van der Waals surface area contributed by atoms with Gasteiger partial charge in [0.2, 0.25) is 5.91 Å². The third-order valence-corrected chi connectivity index (χ3v) is 6.26. The molecule has 1 aliphatic carbocycles. The maximum absolute atomic E-state index is 12.7. The molecule has 2 atom stereocenters. The minimum absolute atomic E-state index is 0.106. The van der Waals surface area contributed by atoms with Crippen LogP contribution < -0.4 is 0 Å². The molecule has 2 rings (SSSR count). The Kier molecular flexibility index (Phi) is 4.10. The number of likely N-dealkylation sites (tertiary alicyclic amines) is 1. The van der Waals surface area contributed by atoms with Gasteiger partial charge in [-0.3, -0.25) is 4.79 Å². The van der Waals surface area contributed by atoms with Gasteiger partial charge in [-0.2, -0.15) is 0 Å². The average molecular weight is 316 g/mol. The molecule has 0 radical (unpaired) electrons. The van der Waals surface area contributed by atoms with Crippen LogP contribution in [0.5, 0.6) is 0 Å². The first-order chi connectivity index (χ1) is 8.43. The molecule has 1 saturated carbocycles. The molecule has 104 valence electrons. The minimum Gasteiger partial charge on any atom is -0.342 e. The first-order valence-corrected chi connectivity index (χ1v) is 8.41. The predicted molar refractivity (Wildman–Crippen MR) is 78.8 cm³/mol. The molecule has 2 fully saturated rings. The van der Waals surface area contributed by atoms with E-state index < -0.39 is 0 Å². The van der Waals surface area contributed by atoms with E-state index in [2.05, 4.69) is 41.6 Å². The van der Waals surface area contributed by atoms with Crippen molar-refractivity contribution in [3.05, 3.63) is 0 Å². The molecule has 1 amide bonds. The quantitative estimate of drug-likeness (QED) is 0.557. The molecule has 3 heteroatoms. The summed E-state index contributed by atoms with van der Waals surface area (Å²) in [6, 6.07) is 0. The van der Waals surface area contributed by atoms with Crippen LogP contribution in [-0.2, 0) is 4.79 Å². The van der Waals surface area contributed by atoms with E-state index in [1.807, 2.05) is 0 Å². The monoisotopic (exact) mass is 315 g/mol. The van der Waals surface area contributed by atoms with E-state index in [1.165, 1.54) is 19.3 Å². The molecule has 1 saturated heterocycles. The summed E-state index contributed by atoms with van der Waals surface area (Å²) in [6.45, 7) is 8.75. The Morgan fingerprint density at radius 3 is 2.67 bits per heavy atom. The summed E-state index contributed by atoms with van der Waals surface area (Å²) in [5.74, 6) is 1.12. The number of piperidine rings is 1. The molecule has 1 aliphatic heterocycles. The van der Waals surface area contributed by atoms with E-state index in [9.17, 15) is 4.79 Å². The van der Waals surface area contributed by atoms with Crippen molar-refractivity contribution < 1.29 is 4.79 Å². The first kappa shape index (κ1) is 14.4. The Hall–Kier alpha value is -0.0500. The number of unbranched alkanes of at least 4 members (excludes halogenated alkanes) is 2. The number of halogens is 1. The number of alkyl halides is 1. The normalized spacial score (nSPS) is 34.1. The van der Waals surface area contributed by atoms with E-state index >= 15 is 0 Å². The summed E-state index contributed by atoms with van der Waals surface area (Å²) >= 11 is 3.46. The van der Waals surface area contributed by atoms with Crippen molar-refractivity contribution in [1.29, 1.82) is 0 Å². The highest BCUT2D eigenvalue weighted by Gasteiger charge is 2.60. The highest BCUT2D eigenvalue weighted by atomic mass is 79.9. The van der Waals surface area contributed by atoms with Crippen LogP contribution >= 0.6 is 15.9 Å². The van der Waals surface area contributed by atoms with Crippen LogP contribution in [0.3, 0.4) is 0 Å². The average Bonchev–Trinajstić information content (AvgIpc) is 2.47. The lowest BCUT2D eigenvalue weighted by Crippen LogP contribution is -2.56. The van der Waals surface area contributed by atoms with Gasteiger partial charge >= 0.3 is 0 Å². The number of hydrogen-bond acceptors (Lipinski definition) is 1. The zero-order valence-electron chi connectivity index (χ0n) is 12.0. The molecule has 0 aromatic carbocycles. The van der Waals surface area contributed by atoms with Crippen LogP contribution in [0, 0.1) is 16.7 Å². The van der Waals surface area contributed by atoms with Crippen molar-refractivity contribution in [3.63, 3.8) is 0 Å². The van der Waals surface area contributed by atoms with E-state index in [0.29, 0.717) is 11.8 Å². The standard InChI is InChI=1S/C15H26BrNO/c1-14(2)12-7-8-15(14,3)13(18)17(11-12)10-6-4-5-9-16/h12H,4-11H2,1-3H3/t12?,15-/m0/s1. The van der Waals surface area contributed by atoms with E-state index in [0.717, 1.165) is 31.3 Å². The Bertz CT molecular complexity index is 328. The summed E-state index contributed by atoms with van der Waals surface area (Å²) in [7, 11) is 0. The SMILES string of the molecule is CC1(C)C2CC[C@@]1(C)C(=O)N(CCCCCBr)C2. The van der Waals surface area contributed by atoms with E-state index in [-0.39, 0.29) is 10.8 Å². The lowest BCUT2D eigenvalue weighted by Gasteiger charge is -2.49. The van der Waals surface area contributed by atoms with Gasteiger partial charge < -0.3 is 4.90 Å². The number of nitrogens with zero attached hydrogens (tertiary/aromatic N) is 1. The number of rotatable bonds is 5. The van der Waals surface area contributed by atoms with Crippen molar-refractivity contribution in [3.8, 4) is 0 Å². The number of amides is 1. The minimum atomic E-state index is -0.106. The molecular formula is C15H26BrNO. The van der Waals surface area contributed by atoms with Gasteiger partial charge in [0.05, 0.1) is 5.41 Å². The highest BCUT2D eigenvalue weighted by molar-refractivity contribution is 9.09. The van der Waals surface area contributed by atoms with Gasteiger partial charge in [-0.05, 0) is 37.0 Å². The van der Waals surface area contributed by atoms with Gasteiger partial charge in [0.25, 0.3) is 0 Å². The van der Waals surface area contributed by atoms with Gasteiger partial charge in [-0.1, -0.05) is 43.1 Å². The molecule has 2 bridgehead atoms. The largest absolute Gasteiger partial charge is 0.342 e. The smallest absolute Gasteiger partial charge is 0.229 e. The zero-order valence-corrected chi connectivity index (χ0v) is 13.6. The van der Waals surface area contributed by atoms with Gasteiger partial charge in [-0.25, -0.2) is 0 Å². The van der Waals surface area contributed by atoms with Gasteiger partial charge in [-0.15, -0.1) is 0 Å². The summed E-state index contributed by atoms with van der Waals surface area (Å²) in [4.78, 5) is 14.9. The molecule has 1 heterocycles. The molecule has 0 spiro atoms. The van der Waals surface area contributed by atoms with Crippen LogP contribution in [0.2, 0.25) is 0 Å². The molecule has 0 N–H and O–H groups in total. The molecule has 0 aromatic heterocycles. The lowest BCUT2D eigenvalue weighted by atomic mass is 9.62. The summed E-state index contributed by atoms with van der Waals surface area (Å²) in [6.07, 6.45) is 5.91. The van der Waals surface area contributed by atoms with Gasteiger partial charge in [0.15, 0.2) is 0 Å². The molecule has 18 heavy (non-hydrogen) atoms. The van der Waals surface area contributed by atoms with Crippen molar-refractivity contribution in [2.75, 3.05) is 18.4 Å². The number of carbonyl (C=O) groups excluding carboxylic acids is 1. The Morgan fingerprint density at radius 1 is 1.28 bits per heavy atom. The van der Waals surface area contributed by atoms with Crippen molar-refractivity contribution in [2.24, 2.45) is 16.7 Å². The second-order valence-electron chi connectivity index (χ2n) is 6.79. The Labute approximate surface area is 120 Å². The number of carbonyl (C=O) groups is 1. The van der Waals surface area contributed by atoms with E-state index in [4.69, 9.17) is 0 Å². The molecule has 2 nitrogen and oxygen atoms in total. The third-order valence-electron chi connectivity index (χ3n) is 5.70. The molecule has 0 aromatic rings. The Balaban J connectivity index is 1.99. The van der Waals surface area contributed by atoms with Crippen LogP contribution in [0.1, 0.15) is 52.9 Å². The summed E-state index contributed by atoms with van der Waals surface area (Å²) in [5.41, 5.74) is 0.0851. The van der Waals surface area contributed by atoms with E-state index in [1.54, 1.807) is 0 Å². The molecule has 1 unspecified atom stereocenters. The van der Waals surface area contributed by atoms with Crippen LogP contribution in [0.4, 0.5) is 0 Å². The fourth-order valence-electron chi connectivity index (χ4n) is 3.76. The summed E-state index contributed by atoms with van der Waals surface area (Å²) < 4.78 is 0. The fraction of sp³-hybridized carbons (Fsp3) is 0.933. The van der Waals surface area contributed by atoms with Crippen molar-refractivity contribution >= 4 is 21.8 Å². The molecule has 2 aliphatic rings. The van der Waals surface area contributed by atoms with Crippen molar-refractivity contribution in [1.82, 2.24) is 4.90 Å². The van der Waals surface area contributed by atoms with Gasteiger partial charge in [0, 0.05) is 18.4 Å². The number of fused-ring (bicyclic) bond motifs is 2. The maximum atomic E-state index is 12.7. The van der Waals surface area contributed by atoms with Crippen LogP contribution in [0.15, 0.2) is 0 Å². The third kappa shape index (κ3) is 2.13. The highest BCUT2D eigenvalue weighted by Crippen LogP contribution is 2.59. The van der Waals surface area contributed by atoms with Crippen LogP contribution in [0.25, 0.3) is 0 Å². The second-order valence-corrected chi connectivity index (χ2v) is 7.58. The summed E-state index contributed by atoms with van der Waals surface area (Å²) in [5, 5.41) is 1.08. The molecular weight excluding hydrogens is 290 g/mol. The Morgan fingerprint density at radius 2 is 2.00 bits per heavy atom. The fourth-order valence-corrected chi connectivity index (χ4v) is 4.16. The predicted octanol–water partition coefficient (Wildman–Crippen LogP) is 3.84.